The lowest BCUT2D eigenvalue weighted by molar-refractivity contribution is 0.476. The summed E-state index contributed by atoms with van der Waals surface area (Å²) < 4.78 is 60.2. The minimum atomic E-state index is -4.09. The van der Waals surface area contributed by atoms with Crippen LogP contribution in [-0.4, -0.2) is 16.8 Å². The third-order valence-electron chi connectivity index (χ3n) is 5.27. The number of aryl methyl sites for hydroxylation is 1. The normalized spacial score (nSPS) is 12.2. The molecule has 0 heterocycles. The van der Waals surface area contributed by atoms with Gasteiger partial charge in [0.1, 0.15) is 10.6 Å². The Morgan fingerprint density at radius 3 is 1.71 bits per heavy atom. The molecule has 34 heavy (non-hydrogen) atoms. The van der Waals surface area contributed by atoms with Gasteiger partial charge in [0, 0.05) is 21.8 Å². The van der Waals surface area contributed by atoms with Crippen LogP contribution in [0.1, 0.15) is 56.2 Å². The summed E-state index contributed by atoms with van der Waals surface area (Å²) in [6.07, 6.45) is 0. The first-order valence-corrected chi connectivity index (χ1v) is 14.0. The van der Waals surface area contributed by atoms with Gasteiger partial charge in [0.2, 0.25) is 0 Å². The molecule has 0 unspecified atom stereocenters. The molecule has 0 saturated carbocycles. The summed E-state index contributed by atoms with van der Waals surface area (Å²) in [6.45, 7) is 9.43. The monoisotopic (exact) mass is 521 g/mol. The number of sulfonamides is 1. The Morgan fingerprint density at radius 2 is 1.24 bits per heavy atom. The molecule has 0 spiro atoms. The molecule has 0 saturated heterocycles. The lowest BCUT2D eigenvalue weighted by Gasteiger charge is -2.22. The molecule has 0 fully saturated rings. The van der Waals surface area contributed by atoms with Gasteiger partial charge in [-0.2, -0.15) is 8.42 Å². The summed E-state index contributed by atoms with van der Waals surface area (Å²) in [5.41, 5.74) is 2.41. The molecule has 0 amide bonds. The first-order chi connectivity index (χ1) is 15.8. The average molecular weight is 522 g/mol. The Morgan fingerprint density at radius 1 is 0.765 bits per heavy atom. The molecule has 0 aliphatic rings. The van der Waals surface area contributed by atoms with Crippen molar-refractivity contribution in [2.45, 2.75) is 56.2 Å². The van der Waals surface area contributed by atoms with Crippen LogP contribution >= 0.6 is 11.6 Å². The standard InChI is InChI=1S/C25H28ClNO5S2/c1-16(2)23-14-20(27-33(28,29)21-12-8-19(26)9-13-21)15-24(17(3)4)25(23)32-34(30,31)22-10-6-18(5)7-11-22/h6-17,27H,1-5H3. The highest BCUT2D eigenvalue weighted by atomic mass is 35.5. The third-order valence-corrected chi connectivity index (χ3v) is 8.15. The summed E-state index contributed by atoms with van der Waals surface area (Å²) in [4.78, 5) is 0.117. The van der Waals surface area contributed by atoms with Gasteiger partial charge in [0.05, 0.1) is 4.90 Å². The number of anilines is 1. The maximum atomic E-state index is 13.0. The maximum absolute atomic E-state index is 13.0. The van der Waals surface area contributed by atoms with Crippen molar-refractivity contribution in [3.05, 3.63) is 82.4 Å². The van der Waals surface area contributed by atoms with Crippen LogP contribution in [0.15, 0.2) is 70.5 Å². The number of nitrogens with one attached hydrogen (secondary N) is 1. The molecule has 0 aromatic heterocycles. The molecule has 3 rings (SSSR count). The van der Waals surface area contributed by atoms with E-state index in [1.807, 2.05) is 34.6 Å². The van der Waals surface area contributed by atoms with Crippen molar-refractivity contribution >= 4 is 37.4 Å². The molecule has 3 aromatic rings. The van der Waals surface area contributed by atoms with Crippen LogP contribution in [0.2, 0.25) is 5.02 Å². The van der Waals surface area contributed by atoms with Gasteiger partial charge in [-0.15, -0.1) is 0 Å². The summed E-state index contributed by atoms with van der Waals surface area (Å²) >= 11 is 5.88. The fraction of sp³-hybridized carbons (Fsp3) is 0.280. The van der Waals surface area contributed by atoms with Gasteiger partial charge in [-0.3, -0.25) is 4.72 Å². The summed E-state index contributed by atoms with van der Waals surface area (Å²) in [7, 11) is -7.97. The maximum Gasteiger partial charge on any atom is 0.339 e. The second-order valence-corrected chi connectivity index (χ2v) is 12.4. The van der Waals surface area contributed by atoms with Crippen molar-refractivity contribution in [2.24, 2.45) is 0 Å². The van der Waals surface area contributed by atoms with Crippen molar-refractivity contribution in [3.63, 3.8) is 0 Å². The predicted molar refractivity (Wildman–Crippen MR) is 136 cm³/mol. The lowest BCUT2D eigenvalue weighted by Crippen LogP contribution is -2.16. The van der Waals surface area contributed by atoms with Gasteiger partial charge in [-0.25, -0.2) is 8.42 Å². The van der Waals surface area contributed by atoms with E-state index in [1.165, 1.54) is 36.4 Å². The molecule has 0 radical (unpaired) electrons. The van der Waals surface area contributed by atoms with Crippen LogP contribution in [0.4, 0.5) is 5.69 Å². The molecular weight excluding hydrogens is 494 g/mol. The van der Waals surface area contributed by atoms with E-state index >= 15 is 0 Å². The number of benzene rings is 3. The van der Waals surface area contributed by atoms with E-state index in [9.17, 15) is 16.8 Å². The number of hydrogen-bond donors (Lipinski definition) is 1. The average Bonchev–Trinajstić information content (AvgIpc) is 2.74. The van der Waals surface area contributed by atoms with E-state index in [-0.39, 0.29) is 27.4 Å². The Kier molecular flexibility index (Phi) is 7.65. The Hall–Kier alpha value is -2.55. The Labute approximate surface area is 207 Å². The highest BCUT2D eigenvalue weighted by Gasteiger charge is 2.25. The fourth-order valence-corrected chi connectivity index (χ4v) is 5.52. The van der Waals surface area contributed by atoms with Gasteiger partial charge < -0.3 is 4.18 Å². The van der Waals surface area contributed by atoms with Crippen molar-refractivity contribution in [1.29, 1.82) is 0 Å². The molecule has 1 N–H and O–H groups in total. The second-order valence-electron chi connectivity index (χ2n) is 8.70. The molecule has 9 heteroatoms. The van der Waals surface area contributed by atoms with E-state index in [1.54, 1.807) is 24.3 Å². The first-order valence-electron chi connectivity index (χ1n) is 10.8. The van der Waals surface area contributed by atoms with Crippen molar-refractivity contribution in [1.82, 2.24) is 0 Å². The predicted octanol–water partition coefficient (Wildman–Crippen LogP) is 6.46. The molecular formula is C25H28ClNO5S2. The van der Waals surface area contributed by atoms with Crippen LogP contribution in [0.25, 0.3) is 0 Å². The number of rotatable bonds is 8. The number of halogens is 1. The van der Waals surface area contributed by atoms with E-state index in [0.717, 1.165) is 5.56 Å². The molecule has 182 valence electrons. The Balaban J connectivity index is 2.08. The van der Waals surface area contributed by atoms with E-state index in [4.69, 9.17) is 15.8 Å². The van der Waals surface area contributed by atoms with Crippen molar-refractivity contribution < 1.29 is 21.0 Å². The van der Waals surface area contributed by atoms with Crippen LogP contribution in [-0.2, 0) is 20.1 Å². The van der Waals surface area contributed by atoms with Gasteiger partial charge >= 0.3 is 10.1 Å². The highest BCUT2D eigenvalue weighted by molar-refractivity contribution is 7.92. The van der Waals surface area contributed by atoms with Crippen LogP contribution < -0.4 is 8.91 Å². The largest absolute Gasteiger partial charge is 0.378 e. The van der Waals surface area contributed by atoms with Crippen molar-refractivity contribution in [2.75, 3.05) is 4.72 Å². The quantitative estimate of drug-likeness (QED) is 0.343. The zero-order valence-corrected chi connectivity index (χ0v) is 22.1. The van der Waals surface area contributed by atoms with Gasteiger partial charge in [-0.1, -0.05) is 57.0 Å². The van der Waals surface area contributed by atoms with Crippen LogP contribution in [0, 0.1) is 6.92 Å². The van der Waals surface area contributed by atoms with E-state index in [0.29, 0.717) is 21.8 Å². The minimum absolute atomic E-state index is 0.0510. The topological polar surface area (TPSA) is 89.5 Å². The molecule has 0 bridgehead atoms. The van der Waals surface area contributed by atoms with Crippen LogP contribution in [0.5, 0.6) is 5.75 Å². The smallest absolute Gasteiger partial charge is 0.339 e. The zero-order valence-electron chi connectivity index (χ0n) is 19.7. The molecule has 6 nitrogen and oxygen atoms in total. The second kappa shape index (κ2) is 9.98. The fourth-order valence-electron chi connectivity index (χ4n) is 3.38. The van der Waals surface area contributed by atoms with E-state index < -0.39 is 20.1 Å². The Bertz CT molecular complexity index is 1350. The van der Waals surface area contributed by atoms with Gasteiger partial charge in [0.15, 0.2) is 0 Å². The zero-order chi connectivity index (χ0) is 25.3. The lowest BCUT2D eigenvalue weighted by atomic mass is 9.93. The summed E-state index contributed by atoms with van der Waals surface area (Å²) in [5, 5.41) is 0.430. The summed E-state index contributed by atoms with van der Waals surface area (Å²) in [6, 6.07) is 15.5. The van der Waals surface area contributed by atoms with E-state index in [2.05, 4.69) is 4.72 Å². The van der Waals surface area contributed by atoms with Crippen LogP contribution in [0.3, 0.4) is 0 Å². The summed E-state index contributed by atoms with van der Waals surface area (Å²) in [5.74, 6) is -0.0542. The van der Waals surface area contributed by atoms with Gasteiger partial charge in [0.25, 0.3) is 10.0 Å². The third kappa shape index (κ3) is 5.92. The van der Waals surface area contributed by atoms with Crippen molar-refractivity contribution in [3.8, 4) is 5.75 Å². The number of hydrogen-bond acceptors (Lipinski definition) is 5. The molecule has 3 aromatic carbocycles. The first kappa shape index (κ1) is 26.1. The minimum Gasteiger partial charge on any atom is -0.378 e. The SMILES string of the molecule is Cc1ccc(S(=O)(=O)Oc2c(C(C)C)cc(NS(=O)(=O)c3ccc(Cl)cc3)cc2C(C)C)cc1. The molecule has 0 aliphatic carbocycles. The molecule has 0 aliphatic heterocycles. The molecule has 0 atom stereocenters. The highest BCUT2D eigenvalue weighted by Crippen LogP contribution is 2.39. The van der Waals surface area contributed by atoms with Gasteiger partial charge in [-0.05, 0) is 67.3 Å².